The van der Waals surface area contributed by atoms with E-state index in [2.05, 4.69) is 0 Å². The molecule has 0 unspecified atom stereocenters. The molecule has 0 aliphatic heterocycles. The Hall–Kier alpha value is -0.720. The highest BCUT2D eigenvalue weighted by Crippen LogP contribution is 1.88. The average molecular weight is 780 g/mol. The van der Waals surface area contributed by atoms with E-state index in [4.69, 9.17) is 86.3 Å². The zero-order valence-corrected chi connectivity index (χ0v) is 32.6. The maximum absolute atomic E-state index is 5.49. The lowest BCUT2D eigenvalue weighted by molar-refractivity contribution is -0.0305. The van der Waals surface area contributed by atoms with E-state index in [1.165, 1.54) is 0 Å². The summed E-state index contributed by atoms with van der Waals surface area (Å²) in [6.45, 7) is 17.7. The van der Waals surface area contributed by atoms with Crippen molar-refractivity contribution in [2.75, 3.05) is 232 Å². The summed E-state index contributed by atoms with van der Waals surface area (Å²) >= 11 is 0. The lowest BCUT2D eigenvalue weighted by Crippen LogP contribution is -2.16. The summed E-state index contributed by atoms with van der Waals surface area (Å²) in [5, 5.41) is 0. The molecule has 0 radical (unpaired) electrons. The minimum Gasteiger partial charge on any atom is -0.382 e. The Morgan fingerprint density at radius 1 is 0.189 bits per heavy atom. The number of hydrogen-bond acceptors (Lipinski definition) is 18. The van der Waals surface area contributed by atoms with E-state index in [0.717, 1.165) is 0 Å². The van der Waals surface area contributed by atoms with E-state index in [1.54, 1.807) is 7.11 Å². The molecule has 0 saturated heterocycles. The van der Waals surface area contributed by atoms with Crippen LogP contribution in [0.25, 0.3) is 0 Å². The molecule has 0 fully saturated rings. The van der Waals surface area contributed by atoms with Crippen molar-refractivity contribution in [3.05, 3.63) is 0 Å². The highest BCUT2D eigenvalue weighted by atomic mass is 16.6. The quantitative estimate of drug-likeness (QED) is 0.0805. The molecule has 0 rings (SSSR count). The van der Waals surface area contributed by atoms with Gasteiger partial charge in [-0.15, -0.1) is 0 Å². The summed E-state index contributed by atoms with van der Waals surface area (Å²) in [4.78, 5) is 0. The number of rotatable bonds is 50. The van der Waals surface area contributed by atoms with E-state index < -0.39 is 0 Å². The first kappa shape index (κ1) is 52.3. The Bertz CT molecular complexity index is 583. The first-order valence-corrected chi connectivity index (χ1v) is 18.8. The molecule has 0 heterocycles. The van der Waals surface area contributed by atoms with Gasteiger partial charge in [-0.1, -0.05) is 0 Å². The fourth-order valence-corrected chi connectivity index (χ4v) is 3.63. The second-order valence-corrected chi connectivity index (χ2v) is 10.6. The zero-order chi connectivity index (χ0) is 38.1. The van der Waals surface area contributed by atoms with Crippen LogP contribution in [0.2, 0.25) is 0 Å². The zero-order valence-electron chi connectivity index (χ0n) is 32.6. The normalized spacial score (nSPS) is 11.7. The Kier molecular flexibility index (Phi) is 50.6. The number of ether oxygens (including phenoxy) is 17. The average Bonchev–Trinajstić information content (AvgIpc) is 3.17. The first-order valence-electron chi connectivity index (χ1n) is 18.8. The van der Waals surface area contributed by atoms with Crippen molar-refractivity contribution < 1.29 is 80.5 Å². The smallest absolute Gasteiger partial charge is 0.0701 e. The Morgan fingerprint density at radius 2 is 0.302 bits per heavy atom. The van der Waals surface area contributed by atoms with Gasteiger partial charge in [-0.2, -0.15) is 0 Å². The standard InChI is InChI=1S/C35H73NO17/c1-37-4-5-39-8-9-41-12-13-43-16-17-45-20-21-47-24-25-49-28-29-51-32-33-53-35-34-52-31-30-50-27-26-48-23-22-46-19-18-44-15-14-42-11-10-40-7-6-38-3-2-36/h2-36H2,1H3. The number of hydrogen-bond donors (Lipinski definition) is 1. The van der Waals surface area contributed by atoms with Crippen molar-refractivity contribution in [2.24, 2.45) is 5.73 Å². The van der Waals surface area contributed by atoms with Crippen LogP contribution in [0.5, 0.6) is 0 Å². The molecule has 0 spiro atoms. The third-order valence-electron chi connectivity index (χ3n) is 6.27. The molecular weight excluding hydrogens is 706 g/mol. The molecule has 53 heavy (non-hydrogen) atoms. The summed E-state index contributed by atoms with van der Waals surface area (Å²) in [5.41, 5.74) is 5.33. The minimum atomic E-state index is 0.500. The van der Waals surface area contributed by atoms with Gasteiger partial charge in [-0.05, 0) is 0 Å². The topological polar surface area (TPSA) is 183 Å². The SMILES string of the molecule is COCCOCCOCCOCCOCCOCCOCCOCCOCCOCCOCCOCCOCCOCCOCCOCCOCCN. The molecule has 0 aromatic rings. The highest BCUT2D eigenvalue weighted by Gasteiger charge is 1.98. The fraction of sp³-hybridized carbons (Fsp3) is 1.00. The van der Waals surface area contributed by atoms with Gasteiger partial charge in [0.1, 0.15) is 0 Å². The summed E-state index contributed by atoms with van der Waals surface area (Å²) in [7, 11) is 1.64. The first-order chi connectivity index (χ1) is 26.4. The number of nitrogens with two attached hydrogens (primary N) is 1. The lowest BCUT2D eigenvalue weighted by atomic mass is 10.6. The molecule has 0 saturated carbocycles. The van der Waals surface area contributed by atoms with Gasteiger partial charge in [0.15, 0.2) is 0 Å². The van der Waals surface area contributed by atoms with Crippen LogP contribution in [0, 0.1) is 0 Å². The fourth-order valence-electron chi connectivity index (χ4n) is 3.63. The van der Waals surface area contributed by atoms with Crippen LogP contribution in [0.1, 0.15) is 0 Å². The summed E-state index contributed by atoms with van der Waals surface area (Å²) in [6, 6.07) is 0. The maximum Gasteiger partial charge on any atom is 0.0701 e. The van der Waals surface area contributed by atoms with Crippen LogP contribution >= 0.6 is 0 Å². The molecule has 0 aliphatic carbocycles. The third-order valence-corrected chi connectivity index (χ3v) is 6.27. The van der Waals surface area contributed by atoms with Gasteiger partial charge < -0.3 is 86.3 Å². The molecule has 0 aliphatic rings. The van der Waals surface area contributed by atoms with Gasteiger partial charge in [0.25, 0.3) is 0 Å². The second kappa shape index (κ2) is 51.3. The van der Waals surface area contributed by atoms with E-state index in [1.807, 2.05) is 0 Å². The minimum absolute atomic E-state index is 0.500. The van der Waals surface area contributed by atoms with E-state index in [9.17, 15) is 0 Å². The van der Waals surface area contributed by atoms with Gasteiger partial charge in [-0.3, -0.25) is 0 Å². The molecule has 18 heteroatoms. The van der Waals surface area contributed by atoms with Gasteiger partial charge in [0, 0.05) is 13.7 Å². The van der Waals surface area contributed by atoms with Crippen LogP contribution < -0.4 is 5.73 Å². The predicted molar refractivity (Wildman–Crippen MR) is 194 cm³/mol. The van der Waals surface area contributed by atoms with Crippen molar-refractivity contribution in [1.82, 2.24) is 0 Å². The Labute approximate surface area is 317 Å². The second-order valence-electron chi connectivity index (χ2n) is 10.6. The molecular formula is C35H73NO17. The molecule has 0 amide bonds. The Balaban J connectivity index is 3.05. The van der Waals surface area contributed by atoms with Gasteiger partial charge in [-0.25, -0.2) is 0 Å². The van der Waals surface area contributed by atoms with E-state index in [-0.39, 0.29) is 0 Å². The highest BCUT2D eigenvalue weighted by molar-refractivity contribution is 4.40. The van der Waals surface area contributed by atoms with E-state index >= 15 is 0 Å². The van der Waals surface area contributed by atoms with Gasteiger partial charge in [0.2, 0.25) is 0 Å². The van der Waals surface area contributed by atoms with Crippen LogP contribution in [-0.2, 0) is 80.5 Å². The van der Waals surface area contributed by atoms with Crippen molar-refractivity contribution in [1.29, 1.82) is 0 Å². The van der Waals surface area contributed by atoms with Crippen molar-refractivity contribution in [3.8, 4) is 0 Å². The monoisotopic (exact) mass is 779 g/mol. The van der Waals surface area contributed by atoms with E-state index in [0.29, 0.717) is 225 Å². The van der Waals surface area contributed by atoms with Gasteiger partial charge in [0.05, 0.1) is 218 Å². The molecule has 2 N–H and O–H groups in total. The van der Waals surface area contributed by atoms with Crippen LogP contribution in [0.4, 0.5) is 0 Å². The lowest BCUT2D eigenvalue weighted by Gasteiger charge is -2.09. The Morgan fingerprint density at radius 3 is 0.415 bits per heavy atom. The molecule has 0 atom stereocenters. The van der Waals surface area contributed by atoms with Crippen molar-refractivity contribution >= 4 is 0 Å². The summed E-state index contributed by atoms with van der Waals surface area (Å²) in [6.07, 6.45) is 0. The maximum atomic E-state index is 5.49. The summed E-state index contributed by atoms with van der Waals surface area (Å²) < 4.78 is 91.8. The van der Waals surface area contributed by atoms with Crippen molar-refractivity contribution in [3.63, 3.8) is 0 Å². The van der Waals surface area contributed by atoms with Crippen LogP contribution in [0.3, 0.4) is 0 Å². The molecule has 0 aromatic carbocycles. The third kappa shape index (κ3) is 51.3. The van der Waals surface area contributed by atoms with Crippen molar-refractivity contribution in [2.45, 2.75) is 0 Å². The van der Waals surface area contributed by atoms with Gasteiger partial charge >= 0.3 is 0 Å². The molecule has 0 aromatic heterocycles. The summed E-state index contributed by atoms with van der Waals surface area (Å²) in [5.74, 6) is 0. The predicted octanol–water partition coefficient (Wildman–Crippen LogP) is -0.143. The van der Waals surface area contributed by atoms with Crippen LogP contribution in [0.15, 0.2) is 0 Å². The van der Waals surface area contributed by atoms with Crippen LogP contribution in [-0.4, -0.2) is 232 Å². The molecule has 18 nitrogen and oxygen atoms in total. The largest absolute Gasteiger partial charge is 0.382 e. The molecule has 0 bridgehead atoms. The molecule has 320 valence electrons. The number of methoxy groups -OCH3 is 1.